The number of aliphatic hydroxyl groups is 1. The lowest BCUT2D eigenvalue weighted by Crippen LogP contribution is -1.99. The molecule has 0 aliphatic carbocycles. The molecule has 0 radical (unpaired) electrons. The van der Waals surface area contributed by atoms with Crippen molar-refractivity contribution in [1.82, 2.24) is 9.55 Å². The number of hydrogen-bond acceptors (Lipinski definition) is 2. The Balaban J connectivity index is 0.000000810. The van der Waals surface area contributed by atoms with Gasteiger partial charge < -0.3 is 9.67 Å². The van der Waals surface area contributed by atoms with Crippen LogP contribution < -0.4 is 0 Å². The Labute approximate surface area is 66.1 Å². The molecule has 0 unspecified atom stereocenters. The summed E-state index contributed by atoms with van der Waals surface area (Å²) in [5.41, 5.74) is 0. The number of rotatable bonds is 2. The van der Waals surface area contributed by atoms with Crippen LogP contribution in [0.4, 0.5) is 0 Å². The summed E-state index contributed by atoms with van der Waals surface area (Å²) >= 11 is 0. The van der Waals surface area contributed by atoms with E-state index in [4.69, 9.17) is 5.11 Å². The molecule has 1 aromatic rings. The molecule has 3 nitrogen and oxygen atoms in total. The summed E-state index contributed by atoms with van der Waals surface area (Å²) in [5, 5.41) is 8.66. The number of aliphatic hydroxyl groups excluding tert-OH is 1. The van der Waals surface area contributed by atoms with Crippen molar-refractivity contribution < 1.29 is 5.11 Å². The van der Waals surface area contributed by atoms with E-state index in [-0.39, 0.29) is 19.0 Å². The predicted molar refractivity (Wildman–Crippen MR) is 41.1 cm³/mol. The summed E-state index contributed by atoms with van der Waals surface area (Å²) in [4.78, 5) is 3.92. The number of imidazole rings is 1. The van der Waals surface area contributed by atoms with Gasteiger partial charge in [0.2, 0.25) is 0 Å². The minimum atomic E-state index is 0. The second kappa shape index (κ2) is 4.30. The lowest BCUT2D eigenvalue weighted by molar-refractivity contribution is 0.265. The Morgan fingerprint density at radius 1 is 1.70 bits per heavy atom. The maximum Gasteiger partial charge on any atom is 0.134 e. The first-order chi connectivity index (χ1) is 4.38. The zero-order valence-corrected chi connectivity index (χ0v) is 6.64. The van der Waals surface area contributed by atoms with E-state index in [9.17, 15) is 0 Å². The van der Waals surface area contributed by atoms with Gasteiger partial charge in [-0.25, -0.2) is 4.98 Å². The normalized spacial score (nSPS) is 9.00. The maximum atomic E-state index is 8.66. The smallest absolute Gasteiger partial charge is 0.134 e. The van der Waals surface area contributed by atoms with Gasteiger partial charge in [0.25, 0.3) is 0 Å². The molecular formula is C6H11ClN2O. The van der Waals surface area contributed by atoms with Crippen molar-refractivity contribution in [3.63, 3.8) is 0 Å². The van der Waals surface area contributed by atoms with Gasteiger partial charge in [0.15, 0.2) is 0 Å². The van der Waals surface area contributed by atoms with E-state index in [1.165, 1.54) is 0 Å². The first-order valence-electron chi connectivity index (χ1n) is 2.99. The zero-order chi connectivity index (χ0) is 6.69. The SMILES string of the molecule is CCn1ccnc1CO.Cl. The average Bonchev–Trinajstić information content (AvgIpc) is 2.33. The summed E-state index contributed by atoms with van der Waals surface area (Å²) in [6.07, 6.45) is 3.54. The van der Waals surface area contributed by atoms with Crippen molar-refractivity contribution >= 4 is 12.4 Å². The molecule has 10 heavy (non-hydrogen) atoms. The van der Waals surface area contributed by atoms with Crippen LogP contribution in [0.5, 0.6) is 0 Å². The minimum Gasteiger partial charge on any atom is -0.388 e. The Hall–Kier alpha value is -0.540. The molecule has 0 saturated carbocycles. The first kappa shape index (κ1) is 9.46. The van der Waals surface area contributed by atoms with Crippen molar-refractivity contribution in [3.8, 4) is 0 Å². The Bertz CT molecular complexity index is 169. The standard InChI is InChI=1S/C6H10N2O.ClH/c1-2-8-4-3-7-6(8)5-9;/h3-4,9H,2,5H2,1H3;1H. The van der Waals surface area contributed by atoms with Crippen LogP contribution in [0.15, 0.2) is 12.4 Å². The van der Waals surface area contributed by atoms with Crippen molar-refractivity contribution in [2.24, 2.45) is 0 Å². The number of nitrogens with zero attached hydrogens (tertiary/aromatic N) is 2. The predicted octanol–water partition coefficient (Wildman–Crippen LogP) is 0.817. The molecule has 0 aliphatic heterocycles. The van der Waals surface area contributed by atoms with Crippen LogP contribution >= 0.6 is 12.4 Å². The van der Waals surface area contributed by atoms with E-state index in [1.807, 2.05) is 17.7 Å². The van der Waals surface area contributed by atoms with Gasteiger partial charge >= 0.3 is 0 Å². The maximum absolute atomic E-state index is 8.66. The van der Waals surface area contributed by atoms with Crippen molar-refractivity contribution in [2.75, 3.05) is 0 Å². The number of hydrogen-bond donors (Lipinski definition) is 1. The fraction of sp³-hybridized carbons (Fsp3) is 0.500. The molecule has 0 spiro atoms. The van der Waals surface area contributed by atoms with Crippen LogP contribution in [-0.4, -0.2) is 14.7 Å². The number of halogens is 1. The zero-order valence-electron chi connectivity index (χ0n) is 5.82. The third kappa shape index (κ3) is 1.72. The fourth-order valence-corrected chi connectivity index (χ4v) is 0.780. The molecule has 58 valence electrons. The number of aryl methyl sites for hydroxylation is 1. The molecule has 1 N–H and O–H groups in total. The van der Waals surface area contributed by atoms with E-state index >= 15 is 0 Å². The average molecular weight is 163 g/mol. The Kier molecular flexibility index (Phi) is 4.07. The van der Waals surface area contributed by atoms with E-state index in [0.29, 0.717) is 0 Å². The first-order valence-corrected chi connectivity index (χ1v) is 2.99. The molecule has 1 rings (SSSR count). The molecular weight excluding hydrogens is 152 g/mol. The second-order valence-corrected chi connectivity index (χ2v) is 1.79. The molecule has 0 atom stereocenters. The summed E-state index contributed by atoms with van der Waals surface area (Å²) in [6, 6.07) is 0. The topological polar surface area (TPSA) is 38.0 Å². The van der Waals surface area contributed by atoms with Crippen molar-refractivity contribution in [1.29, 1.82) is 0 Å². The third-order valence-corrected chi connectivity index (χ3v) is 1.28. The fourth-order valence-electron chi connectivity index (χ4n) is 0.780. The quantitative estimate of drug-likeness (QED) is 0.699. The molecule has 0 aromatic carbocycles. The molecule has 4 heteroatoms. The Morgan fingerprint density at radius 2 is 2.40 bits per heavy atom. The number of aromatic nitrogens is 2. The largest absolute Gasteiger partial charge is 0.388 e. The lowest BCUT2D eigenvalue weighted by Gasteiger charge is -1.98. The van der Waals surface area contributed by atoms with Gasteiger partial charge in [0.05, 0.1) is 0 Å². The molecule has 0 aliphatic rings. The molecule has 1 heterocycles. The van der Waals surface area contributed by atoms with Crippen molar-refractivity contribution in [3.05, 3.63) is 18.2 Å². The lowest BCUT2D eigenvalue weighted by atomic mass is 10.6. The Morgan fingerprint density at radius 3 is 2.80 bits per heavy atom. The van der Waals surface area contributed by atoms with Crippen LogP contribution in [0.25, 0.3) is 0 Å². The molecule has 1 aromatic heterocycles. The van der Waals surface area contributed by atoms with E-state index in [1.54, 1.807) is 6.20 Å². The van der Waals surface area contributed by atoms with Crippen molar-refractivity contribution in [2.45, 2.75) is 20.1 Å². The van der Waals surface area contributed by atoms with Crippen LogP contribution in [0.3, 0.4) is 0 Å². The van der Waals surface area contributed by atoms with Crippen LogP contribution in [-0.2, 0) is 13.2 Å². The van der Waals surface area contributed by atoms with Crippen LogP contribution in [0, 0.1) is 0 Å². The van der Waals surface area contributed by atoms with Gasteiger partial charge in [-0.15, -0.1) is 12.4 Å². The second-order valence-electron chi connectivity index (χ2n) is 1.79. The highest BCUT2D eigenvalue weighted by Gasteiger charge is 1.95. The van der Waals surface area contributed by atoms with Gasteiger partial charge in [0.1, 0.15) is 12.4 Å². The summed E-state index contributed by atoms with van der Waals surface area (Å²) < 4.78 is 1.90. The highest BCUT2D eigenvalue weighted by atomic mass is 35.5. The van der Waals surface area contributed by atoms with E-state index < -0.39 is 0 Å². The summed E-state index contributed by atoms with van der Waals surface area (Å²) in [5.74, 6) is 0.734. The van der Waals surface area contributed by atoms with E-state index in [2.05, 4.69) is 4.98 Å². The van der Waals surface area contributed by atoms with Gasteiger partial charge in [-0.1, -0.05) is 0 Å². The van der Waals surface area contributed by atoms with Gasteiger partial charge in [-0.3, -0.25) is 0 Å². The molecule has 0 amide bonds. The van der Waals surface area contributed by atoms with Gasteiger partial charge in [-0.2, -0.15) is 0 Å². The summed E-state index contributed by atoms with van der Waals surface area (Å²) in [6.45, 7) is 2.91. The highest BCUT2D eigenvalue weighted by molar-refractivity contribution is 5.85. The third-order valence-electron chi connectivity index (χ3n) is 1.28. The monoisotopic (exact) mass is 162 g/mol. The summed E-state index contributed by atoms with van der Waals surface area (Å²) in [7, 11) is 0. The van der Waals surface area contributed by atoms with Gasteiger partial charge in [0, 0.05) is 18.9 Å². The molecule has 0 saturated heterocycles. The van der Waals surface area contributed by atoms with Gasteiger partial charge in [-0.05, 0) is 6.92 Å². The van der Waals surface area contributed by atoms with E-state index in [0.717, 1.165) is 12.4 Å². The molecule has 0 bridgehead atoms. The molecule has 0 fully saturated rings. The van der Waals surface area contributed by atoms with Crippen LogP contribution in [0.1, 0.15) is 12.7 Å². The minimum absolute atomic E-state index is 0. The highest BCUT2D eigenvalue weighted by Crippen LogP contribution is 1.95. The van der Waals surface area contributed by atoms with Crippen LogP contribution in [0.2, 0.25) is 0 Å².